The molecule has 0 aliphatic carbocycles. The summed E-state index contributed by atoms with van der Waals surface area (Å²) in [6.45, 7) is 9.07. The Hall–Kier alpha value is -1.96. The molecule has 2 aromatic heterocycles. The van der Waals surface area contributed by atoms with E-state index in [4.69, 9.17) is 0 Å². The summed E-state index contributed by atoms with van der Waals surface area (Å²) in [5.41, 5.74) is 3.51. The van der Waals surface area contributed by atoms with Crippen molar-refractivity contribution >= 4 is 21.8 Å². The minimum Gasteiger partial charge on any atom is -0.254 e. The Bertz CT molecular complexity index is 769. The zero-order chi connectivity index (χ0) is 14.3. The molecule has 0 radical (unpaired) electrons. The van der Waals surface area contributed by atoms with Gasteiger partial charge in [0.1, 0.15) is 0 Å². The van der Waals surface area contributed by atoms with Gasteiger partial charge >= 0.3 is 0 Å². The molecular formula is C18H20N2. The first-order valence-electron chi connectivity index (χ1n) is 7.10. The summed E-state index contributed by atoms with van der Waals surface area (Å²) < 4.78 is 0. The van der Waals surface area contributed by atoms with Crippen molar-refractivity contribution in [2.24, 2.45) is 5.41 Å². The molecule has 0 aliphatic rings. The second-order valence-corrected chi connectivity index (χ2v) is 6.57. The number of pyridine rings is 2. The third-order valence-corrected chi connectivity index (χ3v) is 4.24. The van der Waals surface area contributed by atoms with Crippen molar-refractivity contribution < 1.29 is 0 Å². The van der Waals surface area contributed by atoms with E-state index in [1.807, 2.05) is 18.5 Å². The van der Waals surface area contributed by atoms with Gasteiger partial charge in [0.25, 0.3) is 0 Å². The second-order valence-electron chi connectivity index (χ2n) is 6.57. The van der Waals surface area contributed by atoms with Gasteiger partial charge in [0.05, 0.1) is 11.0 Å². The highest BCUT2D eigenvalue weighted by Crippen LogP contribution is 2.35. The molecule has 0 N–H and O–H groups in total. The number of hydrogen-bond donors (Lipinski definition) is 0. The van der Waals surface area contributed by atoms with Crippen LogP contribution in [-0.2, 0) is 0 Å². The first-order chi connectivity index (χ1) is 9.47. The fourth-order valence-corrected chi connectivity index (χ4v) is 2.49. The van der Waals surface area contributed by atoms with E-state index in [1.165, 1.54) is 10.9 Å². The van der Waals surface area contributed by atoms with Crippen LogP contribution in [0, 0.1) is 5.41 Å². The zero-order valence-corrected chi connectivity index (χ0v) is 12.5. The van der Waals surface area contributed by atoms with E-state index >= 15 is 0 Å². The van der Waals surface area contributed by atoms with Crippen LogP contribution in [0.3, 0.4) is 0 Å². The molecule has 2 heteroatoms. The summed E-state index contributed by atoms with van der Waals surface area (Å²) in [5, 5.41) is 2.31. The van der Waals surface area contributed by atoms with Gasteiger partial charge in [-0.2, -0.15) is 0 Å². The van der Waals surface area contributed by atoms with E-state index in [1.54, 1.807) is 0 Å². The molecule has 1 atom stereocenters. The van der Waals surface area contributed by atoms with Gasteiger partial charge in [-0.3, -0.25) is 9.97 Å². The molecule has 2 heterocycles. The van der Waals surface area contributed by atoms with Crippen LogP contribution in [0.25, 0.3) is 21.8 Å². The predicted octanol–water partition coefficient (Wildman–Crippen LogP) is 4.93. The fourth-order valence-electron chi connectivity index (χ4n) is 2.49. The minimum absolute atomic E-state index is 0.241. The molecule has 0 saturated carbocycles. The van der Waals surface area contributed by atoms with Gasteiger partial charge in [-0.25, -0.2) is 0 Å². The first-order valence-corrected chi connectivity index (χ1v) is 7.10. The van der Waals surface area contributed by atoms with Crippen molar-refractivity contribution in [2.45, 2.75) is 33.6 Å². The van der Waals surface area contributed by atoms with Crippen LogP contribution in [0.15, 0.2) is 42.7 Å². The van der Waals surface area contributed by atoms with E-state index in [-0.39, 0.29) is 5.41 Å². The average Bonchev–Trinajstić information content (AvgIpc) is 2.44. The van der Waals surface area contributed by atoms with Gasteiger partial charge in [-0.05, 0) is 29.0 Å². The van der Waals surface area contributed by atoms with Gasteiger partial charge in [0.15, 0.2) is 0 Å². The summed E-state index contributed by atoms with van der Waals surface area (Å²) in [5.74, 6) is 0.471. The van der Waals surface area contributed by atoms with Crippen molar-refractivity contribution in [3.8, 4) is 0 Å². The third-order valence-electron chi connectivity index (χ3n) is 4.24. The maximum absolute atomic E-state index is 4.68. The lowest BCUT2D eigenvalue weighted by Crippen LogP contribution is -2.15. The molecule has 20 heavy (non-hydrogen) atoms. The average molecular weight is 264 g/mol. The summed E-state index contributed by atoms with van der Waals surface area (Å²) in [6, 6.07) is 10.6. The van der Waals surface area contributed by atoms with Crippen LogP contribution in [0.2, 0.25) is 0 Å². The lowest BCUT2D eigenvalue weighted by molar-refractivity contribution is 0.339. The highest BCUT2D eigenvalue weighted by molar-refractivity contribution is 6.02. The van der Waals surface area contributed by atoms with Gasteiger partial charge in [0.2, 0.25) is 0 Å². The van der Waals surface area contributed by atoms with Crippen LogP contribution in [0.4, 0.5) is 0 Å². The van der Waals surface area contributed by atoms with Crippen LogP contribution in [0.5, 0.6) is 0 Å². The van der Waals surface area contributed by atoms with Crippen LogP contribution < -0.4 is 0 Å². The van der Waals surface area contributed by atoms with E-state index in [0.717, 1.165) is 16.4 Å². The molecule has 1 aromatic carbocycles. The number of rotatable bonds is 1. The van der Waals surface area contributed by atoms with Crippen molar-refractivity contribution in [2.75, 3.05) is 0 Å². The number of hydrogen-bond acceptors (Lipinski definition) is 2. The molecule has 0 saturated heterocycles. The minimum atomic E-state index is 0.241. The fraction of sp³-hybridized carbons (Fsp3) is 0.333. The monoisotopic (exact) mass is 264 g/mol. The standard InChI is InChI=1S/C18H20N2/c1-12(18(2,3)4)15-10-14-8-7-13-6-5-9-19-16(13)17(14)20-11-15/h5-12H,1-4H3. The van der Waals surface area contributed by atoms with Gasteiger partial charge < -0.3 is 0 Å². The van der Waals surface area contributed by atoms with E-state index in [0.29, 0.717) is 5.92 Å². The van der Waals surface area contributed by atoms with Crippen LogP contribution >= 0.6 is 0 Å². The number of fused-ring (bicyclic) bond motifs is 3. The molecule has 0 spiro atoms. The molecule has 1 unspecified atom stereocenters. The van der Waals surface area contributed by atoms with Crippen molar-refractivity contribution in [3.05, 3.63) is 48.3 Å². The number of benzene rings is 1. The molecule has 0 bridgehead atoms. The van der Waals surface area contributed by atoms with Gasteiger partial charge in [-0.1, -0.05) is 45.9 Å². The molecule has 3 aromatic rings. The Kier molecular flexibility index (Phi) is 2.97. The van der Waals surface area contributed by atoms with Crippen LogP contribution in [0.1, 0.15) is 39.2 Å². The maximum Gasteiger partial charge on any atom is 0.0964 e. The van der Waals surface area contributed by atoms with Crippen molar-refractivity contribution in [1.82, 2.24) is 9.97 Å². The SMILES string of the molecule is CC(c1cnc2c(ccc3cccnc32)c1)C(C)(C)C. The lowest BCUT2D eigenvalue weighted by Gasteiger charge is -2.27. The van der Waals surface area contributed by atoms with E-state index in [9.17, 15) is 0 Å². The molecule has 0 fully saturated rings. The predicted molar refractivity (Wildman–Crippen MR) is 84.9 cm³/mol. The smallest absolute Gasteiger partial charge is 0.0964 e. The summed E-state index contributed by atoms with van der Waals surface area (Å²) in [6.07, 6.45) is 3.83. The highest BCUT2D eigenvalue weighted by Gasteiger charge is 2.22. The molecule has 2 nitrogen and oxygen atoms in total. The lowest BCUT2D eigenvalue weighted by atomic mass is 9.78. The van der Waals surface area contributed by atoms with E-state index < -0.39 is 0 Å². The Morgan fingerprint density at radius 1 is 0.950 bits per heavy atom. The molecule has 3 rings (SSSR count). The highest BCUT2D eigenvalue weighted by atomic mass is 14.7. The Morgan fingerprint density at radius 2 is 1.65 bits per heavy atom. The topological polar surface area (TPSA) is 25.8 Å². The summed E-state index contributed by atoms with van der Waals surface area (Å²) >= 11 is 0. The number of nitrogens with zero attached hydrogens (tertiary/aromatic N) is 2. The van der Waals surface area contributed by atoms with Crippen LogP contribution in [-0.4, -0.2) is 9.97 Å². The third kappa shape index (κ3) is 2.15. The normalized spacial score (nSPS) is 13.8. The molecule has 0 amide bonds. The molecular weight excluding hydrogens is 244 g/mol. The quantitative estimate of drug-likeness (QED) is 0.582. The Balaban J connectivity index is 2.20. The van der Waals surface area contributed by atoms with Crippen molar-refractivity contribution in [1.29, 1.82) is 0 Å². The Morgan fingerprint density at radius 3 is 2.40 bits per heavy atom. The van der Waals surface area contributed by atoms with E-state index in [2.05, 4.69) is 61.9 Å². The first kappa shape index (κ1) is 13.0. The molecule has 0 aliphatic heterocycles. The van der Waals surface area contributed by atoms with Crippen molar-refractivity contribution in [3.63, 3.8) is 0 Å². The van der Waals surface area contributed by atoms with Gasteiger partial charge in [-0.15, -0.1) is 0 Å². The zero-order valence-electron chi connectivity index (χ0n) is 12.5. The molecule has 102 valence electrons. The maximum atomic E-state index is 4.68. The number of aromatic nitrogens is 2. The van der Waals surface area contributed by atoms with Gasteiger partial charge in [0, 0.05) is 23.2 Å². The Labute approximate surface area is 119 Å². The second kappa shape index (κ2) is 4.55. The summed E-state index contributed by atoms with van der Waals surface area (Å²) in [7, 11) is 0. The largest absolute Gasteiger partial charge is 0.254 e. The summed E-state index contributed by atoms with van der Waals surface area (Å²) in [4.78, 5) is 9.15.